The van der Waals surface area contributed by atoms with Gasteiger partial charge in [-0.25, -0.2) is 0 Å². The number of carbonyl (C=O) groups is 2. The van der Waals surface area contributed by atoms with Crippen LogP contribution in [-0.4, -0.2) is 29.1 Å². The van der Waals surface area contributed by atoms with E-state index in [1.54, 1.807) is 0 Å². The van der Waals surface area contributed by atoms with Gasteiger partial charge in [0.2, 0.25) is 0 Å². The van der Waals surface area contributed by atoms with Crippen molar-refractivity contribution in [3.8, 4) is 0 Å². The molecule has 0 aromatic carbocycles. The second kappa shape index (κ2) is 8.80. The van der Waals surface area contributed by atoms with E-state index >= 15 is 0 Å². The Hall–Kier alpha value is -1.16. The van der Waals surface area contributed by atoms with Crippen molar-refractivity contribution >= 4 is 11.8 Å². The summed E-state index contributed by atoms with van der Waals surface area (Å²) in [5.41, 5.74) is 1.13. The predicted octanol–water partition coefficient (Wildman–Crippen LogP) is 3.77. The van der Waals surface area contributed by atoms with Crippen molar-refractivity contribution in [2.45, 2.75) is 73.5 Å². The minimum absolute atomic E-state index is 0.0157. The van der Waals surface area contributed by atoms with E-state index in [9.17, 15) is 14.7 Å². The highest BCUT2D eigenvalue weighted by atomic mass is 16.6. The Kier molecular flexibility index (Phi) is 7.65. The van der Waals surface area contributed by atoms with Crippen LogP contribution in [0.2, 0.25) is 0 Å². The maximum Gasteiger partial charge on any atom is 0.312 e. The number of hydrogen-bond donors (Lipinski definition) is 1. The lowest BCUT2D eigenvalue weighted by Gasteiger charge is -2.37. The van der Waals surface area contributed by atoms with E-state index in [0.29, 0.717) is 0 Å². The molecule has 1 fully saturated rings. The molecule has 1 aliphatic heterocycles. The van der Waals surface area contributed by atoms with Crippen molar-refractivity contribution in [1.29, 1.82) is 0 Å². The highest BCUT2D eigenvalue weighted by molar-refractivity contribution is 5.85. The van der Waals surface area contributed by atoms with Crippen molar-refractivity contribution in [2.24, 2.45) is 29.6 Å². The summed E-state index contributed by atoms with van der Waals surface area (Å²) in [5.74, 6) is -0.271. The summed E-state index contributed by atoms with van der Waals surface area (Å²) in [6.45, 7) is 13.7. The molecule has 1 heterocycles. The zero-order chi connectivity index (χ0) is 18.6. The molecule has 0 aromatic heterocycles. The van der Waals surface area contributed by atoms with Gasteiger partial charge >= 0.3 is 5.97 Å². The average Bonchev–Trinajstić information content (AvgIpc) is 2.55. The second-order valence-corrected chi connectivity index (χ2v) is 7.74. The van der Waals surface area contributed by atoms with Gasteiger partial charge in [-0.2, -0.15) is 0 Å². The number of carbonyl (C=O) groups excluding carboxylic acids is 2. The van der Waals surface area contributed by atoms with E-state index < -0.39 is 6.10 Å². The zero-order valence-corrected chi connectivity index (χ0v) is 16.2. The third-order valence-corrected chi connectivity index (χ3v) is 5.49. The van der Waals surface area contributed by atoms with Crippen molar-refractivity contribution < 1.29 is 19.4 Å². The van der Waals surface area contributed by atoms with Gasteiger partial charge in [-0.3, -0.25) is 9.59 Å². The summed E-state index contributed by atoms with van der Waals surface area (Å²) >= 11 is 0. The van der Waals surface area contributed by atoms with Gasteiger partial charge in [0.25, 0.3) is 0 Å². The first-order valence-corrected chi connectivity index (χ1v) is 9.19. The van der Waals surface area contributed by atoms with Crippen LogP contribution in [0.3, 0.4) is 0 Å². The summed E-state index contributed by atoms with van der Waals surface area (Å²) in [7, 11) is 0. The van der Waals surface area contributed by atoms with Crippen molar-refractivity contribution in [3.05, 3.63) is 11.6 Å². The second-order valence-electron chi connectivity index (χ2n) is 7.74. The first kappa shape index (κ1) is 20.9. The van der Waals surface area contributed by atoms with Gasteiger partial charge in [-0.1, -0.05) is 52.7 Å². The van der Waals surface area contributed by atoms with Gasteiger partial charge in [0.15, 0.2) is 0 Å². The van der Waals surface area contributed by atoms with E-state index in [1.165, 1.54) is 0 Å². The molecule has 0 saturated carbocycles. The van der Waals surface area contributed by atoms with E-state index in [2.05, 4.69) is 6.92 Å². The summed E-state index contributed by atoms with van der Waals surface area (Å²) in [4.78, 5) is 23.8. The average molecular weight is 338 g/mol. The molecule has 0 unspecified atom stereocenters. The van der Waals surface area contributed by atoms with Crippen LogP contribution in [-0.2, 0) is 14.3 Å². The summed E-state index contributed by atoms with van der Waals surface area (Å²) in [6.07, 6.45) is 3.05. The fourth-order valence-electron chi connectivity index (χ4n) is 3.53. The number of ether oxygens (including phenoxy) is 1. The first-order valence-electron chi connectivity index (χ1n) is 9.19. The predicted molar refractivity (Wildman–Crippen MR) is 95.4 cm³/mol. The summed E-state index contributed by atoms with van der Waals surface area (Å²) in [5, 5.41) is 10.3. The third kappa shape index (κ3) is 4.92. The number of hydrogen-bond acceptors (Lipinski definition) is 4. The van der Waals surface area contributed by atoms with Crippen LogP contribution >= 0.6 is 0 Å². The van der Waals surface area contributed by atoms with Gasteiger partial charge in [-0.15, -0.1) is 0 Å². The Labute approximate surface area is 146 Å². The molecule has 0 radical (unpaired) electrons. The minimum Gasteiger partial charge on any atom is -0.461 e. The first-order chi connectivity index (χ1) is 11.1. The minimum atomic E-state index is -0.590. The molecule has 0 amide bonds. The molecule has 1 aliphatic rings. The number of cyclic esters (lactones) is 1. The number of allylic oxidation sites excluding steroid dienone is 2. The highest BCUT2D eigenvalue weighted by Crippen LogP contribution is 2.32. The lowest BCUT2D eigenvalue weighted by molar-refractivity contribution is -0.188. The number of aliphatic hydroxyl groups is 1. The number of esters is 1. The Morgan fingerprint density at radius 3 is 2.33 bits per heavy atom. The van der Waals surface area contributed by atoms with E-state index in [0.717, 1.165) is 18.4 Å². The molecule has 0 aliphatic carbocycles. The Balaban J connectivity index is 2.60. The van der Waals surface area contributed by atoms with Crippen LogP contribution in [0, 0.1) is 29.6 Å². The van der Waals surface area contributed by atoms with Crippen LogP contribution in [0.15, 0.2) is 11.6 Å². The summed E-state index contributed by atoms with van der Waals surface area (Å²) in [6, 6.07) is 0. The quantitative estimate of drug-likeness (QED) is 0.513. The normalized spacial score (nSPS) is 27.5. The molecule has 1 N–H and O–H groups in total. The fraction of sp³-hybridized carbons (Fsp3) is 0.800. The molecule has 24 heavy (non-hydrogen) atoms. The molecule has 7 atom stereocenters. The topological polar surface area (TPSA) is 63.6 Å². The number of ketones is 1. The Morgan fingerprint density at radius 1 is 1.29 bits per heavy atom. The molecular formula is C20H34O4. The van der Waals surface area contributed by atoms with Gasteiger partial charge in [0.1, 0.15) is 11.9 Å². The highest BCUT2D eigenvalue weighted by Gasteiger charge is 2.41. The molecule has 4 nitrogen and oxygen atoms in total. The lowest BCUT2D eigenvalue weighted by Crippen LogP contribution is -2.47. The molecule has 1 rings (SSSR count). The molecule has 0 bridgehead atoms. The molecule has 1 saturated heterocycles. The Morgan fingerprint density at radius 2 is 1.88 bits per heavy atom. The smallest absolute Gasteiger partial charge is 0.312 e. The number of rotatable bonds is 9. The largest absolute Gasteiger partial charge is 0.461 e. The van der Waals surface area contributed by atoms with Crippen molar-refractivity contribution in [3.63, 3.8) is 0 Å². The molecule has 0 spiro atoms. The van der Waals surface area contributed by atoms with Crippen LogP contribution in [0.1, 0.15) is 61.3 Å². The third-order valence-electron chi connectivity index (χ3n) is 5.49. The van der Waals surface area contributed by atoms with E-state index in [4.69, 9.17) is 4.74 Å². The number of aliphatic hydroxyl groups excluding tert-OH is 1. The van der Waals surface area contributed by atoms with E-state index in [-0.39, 0.29) is 47.4 Å². The van der Waals surface area contributed by atoms with Crippen molar-refractivity contribution in [1.82, 2.24) is 0 Å². The van der Waals surface area contributed by atoms with Crippen LogP contribution in [0.4, 0.5) is 0 Å². The lowest BCUT2D eigenvalue weighted by atomic mass is 9.82. The standard InChI is InChI=1S/C20H34O4/c1-8-12(3)17(21)15(6)18(22)13(4)9-11(2)10-14(5)19-16(7)20(23)24-19/h9,12-17,19,21H,8,10H2,1-7H3/b11-9+/t12-,13+,14-,15-,16+,17-,19-/m0/s1. The van der Waals surface area contributed by atoms with Gasteiger partial charge < -0.3 is 9.84 Å². The molecular weight excluding hydrogens is 304 g/mol. The van der Waals surface area contributed by atoms with E-state index in [1.807, 2.05) is 47.6 Å². The maximum absolute atomic E-state index is 12.5. The monoisotopic (exact) mass is 338 g/mol. The van der Waals surface area contributed by atoms with Gasteiger partial charge in [0, 0.05) is 11.8 Å². The van der Waals surface area contributed by atoms with Gasteiger partial charge in [-0.05, 0) is 32.1 Å². The fourth-order valence-corrected chi connectivity index (χ4v) is 3.53. The molecule has 0 aromatic rings. The van der Waals surface area contributed by atoms with Crippen LogP contribution < -0.4 is 0 Å². The van der Waals surface area contributed by atoms with Gasteiger partial charge in [0.05, 0.1) is 12.0 Å². The van der Waals surface area contributed by atoms with Crippen molar-refractivity contribution in [2.75, 3.05) is 0 Å². The van der Waals surface area contributed by atoms with Crippen LogP contribution in [0.5, 0.6) is 0 Å². The SMILES string of the molecule is CC[C@H](C)[C@H](O)[C@H](C)C(=O)[C@H](C)/C=C(\C)C[C@H](C)[C@@H]1OC(=O)[C@@H]1C. The molecule has 138 valence electrons. The molecule has 4 heteroatoms. The summed E-state index contributed by atoms with van der Waals surface area (Å²) < 4.78 is 5.21. The Bertz CT molecular complexity index is 482. The van der Waals surface area contributed by atoms with Crippen LogP contribution in [0.25, 0.3) is 0 Å². The number of Topliss-reactive ketones (excluding diaryl/α,β-unsaturated/α-hetero) is 1. The maximum atomic E-state index is 12.5. The zero-order valence-electron chi connectivity index (χ0n) is 16.2.